The first-order valence-corrected chi connectivity index (χ1v) is 12.7. The minimum Gasteiger partial charge on any atom is -0.390 e. The number of ketones is 1. The molecule has 4 fully saturated rings. The van der Waals surface area contributed by atoms with E-state index in [1.54, 1.807) is 0 Å². The van der Waals surface area contributed by atoms with E-state index >= 15 is 0 Å². The van der Waals surface area contributed by atoms with Gasteiger partial charge in [0.05, 0.1) is 21.2 Å². The van der Waals surface area contributed by atoms with Crippen molar-refractivity contribution in [2.24, 2.45) is 40.9 Å². The van der Waals surface area contributed by atoms with E-state index in [4.69, 9.17) is 0 Å². The van der Waals surface area contributed by atoms with Crippen LogP contribution in [0.1, 0.15) is 71.6 Å². The second-order valence-electron chi connectivity index (χ2n) is 10.7. The molecule has 0 spiro atoms. The Labute approximate surface area is 164 Å². The van der Waals surface area contributed by atoms with Crippen LogP contribution in [0.5, 0.6) is 0 Å². The number of Topliss-reactive ketones (excluding diaryl/α,β-unsaturated/α-hetero) is 1. The Balaban J connectivity index is 1.52. The lowest BCUT2D eigenvalue weighted by Crippen LogP contribution is -2.51. The lowest BCUT2D eigenvalue weighted by Gasteiger charge is -2.56. The van der Waals surface area contributed by atoms with Crippen LogP contribution in [0.4, 0.5) is 0 Å². The van der Waals surface area contributed by atoms with Crippen molar-refractivity contribution >= 4 is 21.5 Å². The molecule has 4 nitrogen and oxygen atoms in total. The summed E-state index contributed by atoms with van der Waals surface area (Å²) in [6, 6.07) is 0. The van der Waals surface area contributed by atoms with Gasteiger partial charge in [-0.15, -0.1) is 0 Å². The highest BCUT2D eigenvalue weighted by molar-refractivity contribution is 7.95. The fourth-order valence-electron chi connectivity index (χ4n) is 7.93. The maximum Gasteiger partial charge on any atom is 0.150 e. The van der Waals surface area contributed by atoms with Gasteiger partial charge >= 0.3 is 0 Å². The number of carbonyl (C=O) groups is 1. The van der Waals surface area contributed by atoms with E-state index in [1.165, 1.54) is 19.3 Å². The third-order valence-corrected chi connectivity index (χ3v) is 9.73. The molecular weight excluding hydrogens is 360 g/mol. The monoisotopic (exact) mass is 396 g/mol. The molecule has 9 atom stereocenters. The van der Waals surface area contributed by atoms with Crippen LogP contribution < -0.4 is 0 Å². The minimum atomic E-state index is -3.25. The van der Waals surface area contributed by atoms with Crippen LogP contribution in [-0.4, -0.2) is 36.9 Å². The predicted molar refractivity (Wildman–Crippen MR) is 109 cm³/mol. The summed E-state index contributed by atoms with van der Waals surface area (Å²) in [5.74, 6) is 6.33. The topological polar surface area (TPSA) is 74.6 Å². The van der Waals surface area contributed by atoms with E-state index in [2.05, 4.69) is 12.8 Å². The molecule has 0 amide bonds. The molecule has 4 saturated carbocycles. The van der Waals surface area contributed by atoms with E-state index in [9.17, 15) is 18.7 Å². The van der Waals surface area contributed by atoms with Crippen molar-refractivity contribution in [3.63, 3.8) is 0 Å². The number of carbonyl (C=O) groups excluding carboxylic acids is 1. The number of fused-ring (bicyclic) bond motifs is 5. The van der Waals surface area contributed by atoms with Crippen LogP contribution in [0.25, 0.3) is 0 Å². The van der Waals surface area contributed by atoms with Crippen molar-refractivity contribution < 1.29 is 18.7 Å². The second kappa shape index (κ2) is 6.56. The molecule has 0 aliphatic heterocycles. The molecule has 2 N–H and O–H groups in total. The summed E-state index contributed by atoms with van der Waals surface area (Å²) in [6.45, 7) is 4.28. The SMILES string of the molecule is C=S(=O)(O)CC(=O)[C@H]1CC[C@H]2[C@@H]3CC[C@@H]4C[C@](C)(O)CC[C@@H]4[C@H]3CC[C@]12C. The third-order valence-electron chi connectivity index (χ3n) is 8.99. The van der Waals surface area contributed by atoms with Crippen LogP contribution in [0.3, 0.4) is 0 Å². The molecular formula is C22H36O4S. The van der Waals surface area contributed by atoms with Crippen LogP contribution in [0, 0.1) is 40.9 Å². The first-order chi connectivity index (χ1) is 12.5. The summed E-state index contributed by atoms with van der Waals surface area (Å²) in [6.07, 6.45) is 9.70. The van der Waals surface area contributed by atoms with E-state index < -0.39 is 15.4 Å². The van der Waals surface area contributed by atoms with Crippen molar-refractivity contribution in [2.45, 2.75) is 77.2 Å². The van der Waals surface area contributed by atoms with Gasteiger partial charge in [0.15, 0.2) is 5.78 Å². The molecule has 5 heteroatoms. The fourth-order valence-corrected chi connectivity index (χ4v) is 8.58. The molecule has 154 valence electrons. The van der Waals surface area contributed by atoms with Gasteiger partial charge < -0.3 is 9.66 Å². The lowest BCUT2D eigenvalue weighted by molar-refractivity contribution is -0.130. The molecule has 0 bridgehead atoms. The van der Waals surface area contributed by atoms with Crippen LogP contribution in [0.2, 0.25) is 0 Å². The highest BCUT2D eigenvalue weighted by Gasteiger charge is 2.58. The van der Waals surface area contributed by atoms with Crippen molar-refractivity contribution in [3.8, 4) is 0 Å². The second-order valence-corrected chi connectivity index (χ2v) is 12.6. The Kier molecular flexibility index (Phi) is 4.84. The zero-order valence-electron chi connectivity index (χ0n) is 16.9. The summed E-state index contributed by atoms with van der Waals surface area (Å²) < 4.78 is 21.2. The van der Waals surface area contributed by atoms with Crippen molar-refractivity contribution in [1.29, 1.82) is 0 Å². The Morgan fingerprint density at radius 2 is 1.74 bits per heavy atom. The highest BCUT2D eigenvalue weighted by atomic mass is 32.2. The molecule has 0 radical (unpaired) electrons. The third kappa shape index (κ3) is 3.53. The molecule has 1 unspecified atom stereocenters. The van der Waals surface area contributed by atoms with Gasteiger partial charge in [0.2, 0.25) is 0 Å². The van der Waals surface area contributed by atoms with Gasteiger partial charge in [0.25, 0.3) is 0 Å². The van der Waals surface area contributed by atoms with E-state index in [-0.39, 0.29) is 22.9 Å². The van der Waals surface area contributed by atoms with Gasteiger partial charge in [0.1, 0.15) is 0 Å². The molecule has 4 rings (SSSR count). The number of hydrogen-bond donors (Lipinski definition) is 2. The average molecular weight is 397 g/mol. The largest absolute Gasteiger partial charge is 0.390 e. The first-order valence-electron chi connectivity index (χ1n) is 10.8. The van der Waals surface area contributed by atoms with E-state index in [0.717, 1.165) is 50.4 Å². The normalized spacial score (nSPS) is 51.6. The zero-order valence-corrected chi connectivity index (χ0v) is 17.7. The van der Waals surface area contributed by atoms with Crippen LogP contribution >= 0.6 is 0 Å². The molecule has 27 heavy (non-hydrogen) atoms. The van der Waals surface area contributed by atoms with Crippen LogP contribution in [0.15, 0.2) is 0 Å². The quantitative estimate of drug-likeness (QED) is 0.712. The maximum absolute atomic E-state index is 12.8. The molecule has 0 heterocycles. The van der Waals surface area contributed by atoms with Crippen molar-refractivity contribution in [2.75, 3.05) is 5.75 Å². The Bertz CT molecular complexity index is 712. The zero-order chi connectivity index (χ0) is 19.6. The van der Waals surface area contributed by atoms with E-state index in [1.807, 2.05) is 6.92 Å². The van der Waals surface area contributed by atoms with Gasteiger partial charge in [-0.25, -0.2) is 4.21 Å². The Morgan fingerprint density at radius 1 is 1.04 bits per heavy atom. The molecule has 0 saturated heterocycles. The highest BCUT2D eigenvalue weighted by Crippen LogP contribution is 2.64. The van der Waals surface area contributed by atoms with E-state index in [0.29, 0.717) is 17.8 Å². The summed E-state index contributed by atoms with van der Waals surface area (Å²) in [5.41, 5.74) is -0.483. The Morgan fingerprint density at radius 3 is 2.44 bits per heavy atom. The summed E-state index contributed by atoms with van der Waals surface area (Å²) >= 11 is 0. The van der Waals surface area contributed by atoms with Crippen LogP contribution in [-0.2, 0) is 14.6 Å². The summed E-state index contributed by atoms with van der Waals surface area (Å²) in [7, 11) is -3.25. The summed E-state index contributed by atoms with van der Waals surface area (Å²) in [5, 5.41) is 10.5. The number of hydrogen-bond acceptors (Lipinski definition) is 3. The van der Waals surface area contributed by atoms with Gasteiger partial charge in [-0.3, -0.25) is 4.79 Å². The molecule has 0 aromatic heterocycles. The average Bonchev–Trinajstić information content (AvgIpc) is 2.89. The standard InChI is InChI=1S/C22H36O4S/c1-21(24)10-8-15-14(12-21)4-5-17-16(15)9-11-22(2)18(17)6-7-19(22)20(23)13-27(3,25)26/h14-19,24H,3-13H2,1-2H3,(H,25,26)/t14-,15+,16-,17-,18+,19-,21-,22+/m1/s1. The lowest BCUT2D eigenvalue weighted by atomic mass is 9.49. The first kappa shape index (κ1) is 19.9. The summed E-state index contributed by atoms with van der Waals surface area (Å²) in [4.78, 5) is 12.8. The minimum absolute atomic E-state index is 0.00403. The smallest absolute Gasteiger partial charge is 0.150 e. The molecule has 4 aliphatic rings. The Hall–Kier alpha value is -0.390. The fraction of sp³-hybridized carbons (Fsp3) is 0.909. The predicted octanol–water partition coefficient (Wildman–Crippen LogP) is 3.76. The maximum atomic E-state index is 12.8. The number of aliphatic hydroxyl groups is 1. The van der Waals surface area contributed by atoms with Gasteiger partial charge in [0, 0.05) is 5.92 Å². The molecule has 0 aromatic rings. The molecule has 0 aromatic carbocycles. The van der Waals surface area contributed by atoms with Gasteiger partial charge in [-0.1, -0.05) is 6.92 Å². The number of rotatable bonds is 3. The van der Waals surface area contributed by atoms with Crippen molar-refractivity contribution in [1.82, 2.24) is 0 Å². The van der Waals surface area contributed by atoms with Crippen molar-refractivity contribution in [3.05, 3.63) is 0 Å². The molecule has 4 aliphatic carbocycles. The van der Waals surface area contributed by atoms with Gasteiger partial charge in [-0.05, 0) is 106 Å². The van der Waals surface area contributed by atoms with Gasteiger partial charge in [-0.2, -0.15) is 0 Å².